The molecule has 0 fully saturated rings. The molecule has 8 heteroatoms. The van der Waals surface area contributed by atoms with Crippen molar-refractivity contribution < 1.29 is 28.7 Å². The van der Waals surface area contributed by atoms with Crippen LogP contribution in [0.1, 0.15) is 65.2 Å². The first-order valence-electron chi connectivity index (χ1n) is 11.4. The third kappa shape index (κ3) is 4.09. The molecule has 0 spiro atoms. The van der Waals surface area contributed by atoms with Crippen LogP contribution in [-0.4, -0.2) is 59.8 Å². The van der Waals surface area contributed by atoms with E-state index in [1.54, 1.807) is 68.1 Å². The van der Waals surface area contributed by atoms with E-state index >= 15 is 0 Å². The zero-order valence-electron chi connectivity index (χ0n) is 19.8. The number of hydrogen-bond donors (Lipinski definition) is 0. The third-order valence-corrected chi connectivity index (χ3v) is 6.09. The zero-order valence-corrected chi connectivity index (χ0v) is 19.8. The number of Topliss-reactive ketones (excluding diaryl/α,β-unsaturated/α-hetero) is 1. The van der Waals surface area contributed by atoms with E-state index in [2.05, 4.69) is 0 Å². The molecule has 0 radical (unpaired) electrons. The molecule has 178 valence electrons. The van der Waals surface area contributed by atoms with Gasteiger partial charge in [-0.25, -0.2) is 0 Å². The van der Waals surface area contributed by atoms with E-state index in [-0.39, 0.29) is 36.7 Å². The quantitative estimate of drug-likeness (QED) is 0.439. The van der Waals surface area contributed by atoms with Gasteiger partial charge < -0.3 is 14.4 Å². The number of ether oxygens (including phenoxy) is 2. The number of imide groups is 1. The van der Waals surface area contributed by atoms with Crippen molar-refractivity contribution in [1.82, 2.24) is 4.90 Å². The summed E-state index contributed by atoms with van der Waals surface area (Å²) in [7, 11) is 0. The average Bonchev–Trinajstić information content (AvgIpc) is 3.09. The molecule has 0 N–H and O–H groups in total. The summed E-state index contributed by atoms with van der Waals surface area (Å²) in [5.74, 6) is -0.599. The van der Waals surface area contributed by atoms with Crippen LogP contribution in [0, 0.1) is 0 Å². The second kappa shape index (κ2) is 9.02. The minimum Gasteiger partial charge on any atom is -0.482 e. The fourth-order valence-corrected chi connectivity index (χ4v) is 4.27. The first kappa shape index (κ1) is 23.6. The normalized spacial score (nSPS) is 16.3. The highest BCUT2D eigenvalue weighted by Gasteiger charge is 2.44. The number of rotatable bonds is 8. The van der Waals surface area contributed by atoms with Gasteiger partial charge in [-0.1, -0.05) is 19.1 Å². The lowest BCUT2D eigenvalue weighted by Gasteiger charge is -2.34. The molecule has 0 saturated carbocycles. The van der Waals surface area contributed by atoms with Crippen molar-refractivity contribution in [2.45, 2.75) is 45.8 Å². The van der Waals surface area contributed by atoms with Crippen LogP contribution in [0.3, 0.4) is 0 Å². The number of amides is 3. The summed E-state index contributed by atoms with van der Waals surface area (Å²) in [5.41, 5.74) is 0.737. The van der Waals surface area contributed by atoms with Gasteiger partial charge in [0.05, 0.1) is 29.0 Å². The van der Waals surface area contributed by atoms with Gasteiger partial charge in [0, 0.05) is 12.1 Å². The van der Waals surface area contributed by atoms with Gasteiger partial charge in [0.25, 0.3) is 17.7 Å². The minimum absolute atomic E-state index is 0.0140. The average molecular weight is 465 g/mol. The molecule has 2 aromatic carbocycles. The lowest BCUT2D eigenvalue weighted by molar-refractivity contribution is -0.121. The second-order valence-corrected chi connectivity index (χ2v) is 9.14. The van der Waals surface area contributed by atoms with Crippen LogP contribution in [0.25, 0.3) is 0 Å². The van der Waals surface area contributed by atoms with Crippen LogP contribution in [0.15, 0.2) is 42.5 Å². The Morgan fingerprint density at radius 1 is 1.09 bits per heavy atom. The van der Waals surface area contributed by atoms with Crippen LogP contribution in [0.5, 0.6) is 5.75 Å². The van der Waals surface area contributed by atoms with E-state index in [0.717, 1.165) is 6.42 Å². The fraction of sp³-hybridized carbons (Fsp3) is 0.385. The maximum Gasteiger partial charge on any atom is 0.265 e. The van der Waals surface area contributed by atoms with Gasteiger partial charge in [-0.3, -0.25) is 24.1 Å². The molecular weight excluding hydrogens is 436 g/mol. The fourth-order valence-electron chi connectivity index (χ4n) is 4.27. The first-order valence-corrected chi connectivity index (χ1v) is 11.4. The molecule has 1 atom stereocenters. The van der Waals surface area contributed by atoms with Crippen LogP contribution in [0.4, 0.5) is 5.69 Å². The van der Waals surface area contributed by atoms with Gasteiger partial charge in [0.1, 0.15) is 11.9 Å². The summed E-state index contributed by atoms with van der Waals surface area (Å²) in [6.45, 7) is 7.57. The predicted molar refractivity (Wildman–Crippen MR) is 125 cm³/mol. The molecule has 0 saturated heterocycles. The van der Waals surface area contributed by atoms with Crippen molar-refractivity contribution in [3.63, 3.8) is 0 Å². The SMILES string of the molecule is CCCN1C(=O)COc2ccc(C(=O)C(C)OCC(C)(C)N3C(=O)c4ccccc4C3=O)cc21. The Hall–Kier alpha value is -3.52. The van der Waals surface area contributed by atoms with E-state index in [9.17, 15) is 19.2 Å². The molecule has 2 aliphatic heterocycles. The smallest absolute Gasteiger partial charge is 0.265 e. The molecule has 3 amide bonds. The molecule has 0 aliphatic carbocycles. The van der Waals surface area contributed by atoms with E-state index in [0.29, 0.717) is 34.7 Å². The number of nitrogens with zero attached hydrogens (tertiary/aromatic N) is 2. The highest BCUT2D eigenvalue weighted by molar-refractivity contribution is 6.21. The largest absolute Gasteiger partial charge is 0.482 e. The van der Waals surface area contributed by atoms with Crippen molar-refractivity contribution in [3.8, 4) is 5.75 Å². The number of carbonyl (C=O) groups excluding carboxylic acids is 4. The van der Waals surface area contributed by atoms with Gasteiger partial charge in [-0.15, -0.1) is 0 Å². The van der Waals surface area contributed by atoms with Crippen LogP contribution < -0.4 is 9.64 Å². The number of benzene rings is 2. The van der Waals surface area contributed by atoms with Crippen LogP contribution in [-0.2, 0) is 9.53 Å². The summed E-state index contributed by atoms with van der Waals surface area (Å²) in [6.07, 6.45) is -0.0530. The van der Waals surface area contributed by atoms with Crippen molar-refractivity contribution in [2.24, 2.45) is 0 Å². The molecule has 2 heterocycles. The zero-order chi connectivity index (χ0) is 24.6. The van der Waals surface area contributed by atoms with Crippen molar-refractivity contribution >= 4 is 29.2 Å². The minimum atomic E-state index is -0.963. The Bertz CT molecular complexity index is 1140. The van der Waals surface area contributed by atoms with Gasteiger partial charge in [-0.2, -0.15) is 0 Å². The Balaban J connectivity index is 1.47. The summed E-state index contributed by atoms with van der Waals surface area (Å²) in [4.78, 5) is 53.9. The molecule has 8 nitrogen and oxygen atoms in total. The molecule has 2 aliphatic rings. The van der Waals surface area contributed by atoms with Crippen LogP contribution in [0.2, 0.25) is 0 Å². The van der Waals surface area contributed by atoms with Gasteiger partial charge in [0.2, 0.25) is 0 Å². The Morgan fingerprint density at radius 3 is 2.35 bits per heavy atom. The van der Waals surface area contributed by atoms with Gasteiger partial charge in [-0.05, 0) is 57.5 Å². The van der Waals surface area contributed by atoms with E-state index < -0.39 is 11.6 Å². The number of ketones is 1. The topological polar surface area (TPSA) is 93.2 Å². The maximum atomic E-state index is 13.1. The second-order valence-electron chi connectivity index (χ2n) is 9.14. The van der Waals surface area contributed by atoms with Crippen molar-refractivity contribution in [3.05, 3.63) is 59.2 Å². The predicted octanol–water partition coefficient (Wildman–Crippen LogP) is 3.48. The highest BCUT2D eigenvalue weighted by Crippen LogP contribution is 2.34. The Morgan fingerprint density at radius 2 is 1.74 bits per heavy atom. The van der Waals surface area contributed by atoms with Gasteiger partial charge in [0.15, 0.2) is 12.4 Å². The number of hydrogen-bond acceptors (Lipinski definition) is 6. The molecule has 0 aromatic heterocycles. The van der Waals surface area contributed by atoms with E-state index in [1.807, 2.05) is 6.92 Å². The molecule has 4 rings (SSSR count). The van der Waals surface area contributed by atoms with Crippen molar-refractivity contribution in [1.29, 1.82) is 0 Å². The molecule has 1 unspecified atom stereocenters. The summed E-state index contributed by atoms with van der Waals surface area (Å²) in [6, 6.07) is 11.7. The number of fused-ring (bicyclic) bond motifs is 2. The number of carbonyl (C=O) groups is 4. The molecule has 0 bridgehead atoms. The molecule has 34 heavy (non-hydrogen) atoms. The molecular formula is C26H28N2O6. The summed E-state index contributed by atoms with van der Waals surface area (Å²) < 4.78 is 11.4. The van der Waals surface area contributed by atoms with Crippen LogP contribution >= 0.6 is 0 Å². The standard InChI is InChI=1S/C26H28N2O6/c1-5-12-27-20-13-17(10-11-21(20)33-14-22(27)29)23(30)16(2)34-15-26(3,4)28-24(31)18-8-6-7-9-19(18)25(28)32/h6-11,13,16H,5,12,14-15H2,1-4H3. The lowest BCUT2D eigenvalue weighted by Crippen LogP contribution is -2.51. The number of anilines is 1. The summed E-state index contributed by atoms with van der Waals surface area (Å²) >= 11 is 0. The highest BCUT2D eigenvalue weighted by atomic mass is 16.5. The third-order valence-electron chi connectivity index (χ3n) is 6.09. The lowest BCUT2D eigenvalue weighted by atomic mass is 10.0. The summed E-state index contributed by atoms with van der Waals surface area (Å²) in [5, 5.41) is 0. The maximum absolute atomic E-state index is 13.1. The Labute approximate surface area is 198 Å². The molecule has 2 aromatic rings. The Kier molecular flexibility index (Phi) is 6.27. The van der Waals surface area contributed by atoms with E-state index in [1.165, 1.54) is 4.90 Å². The van der Waals surface area contributed by atoms with Gasteiger partial charge >= 0.3 is 0 Å². The monoisotopic (exact) mass is 464 g/mol. The first-order chi connectivity index (χ1) is 16.2. The van der Waals surface area contributed by atoms with Crippen molar-refractivity contribution in [2.75, 3.05) is 24.7 Å². The van der Waals surface area contributed by atoms with E-state index in [4.69, 9.17) is 9.47 Å².